The summed E-state index contributed by atoms with van der Waals surface area (Å²) in [7, 11) is 7.85. The molecule has 1 saturated heterocycles. The Bertz CT molecular complexity index is 1160. The van der Waals surface area contributed by atoms with Crippen molar-refractivity contribution in [1.29, 1.82) is 0 Å². The number of amides is 1. The van der Waals surface area contributed by atoms with E-state index in [2.05, 4.69) is 43.9 Å². The van der Waals surface area contributed by atoms with E-state index < -0.39 is 0 Å². The second kappa shape index (κ2) is 8.82. The van der Waals surface area contributed by atoms with E-state index in [1.54, 1.807) is 6.20 Å². The molecule has 3 heterocycles. The molecule has 1 N–H and O–H groups in total. The van der Waals surface area contributed by atoms with Crippen molar-refractivity contribution in [3.05, 3.63) is 54.9 Å². The van der Waals surface area contributed by atoms with Crippen LogP contribution in [0.3, 0.4) is 0 Å². The van der Waals surface area contributed by atoms with Crippen molar-refractivity contribution in [2.24, 2.45) is 0 Å². The standard InChI is InChI=1S/C24H29N7O/c1-6-23(32)31-13-7-8-20(31)16-9-10-19(29(2)3)18-15-26-22(14-17(16)18)27-21-11-12-25-24(28-21)30(4)5/h6,9-12,14-15,20H,1,7-8,13H2,2-5H3,(H,25,26,27,28). The number of hydrogen-bond donors (Lipinski definition) is 1. The number of hydrogen-bond acceptors (Lipinski definition) is 7. The largest absolute Gasteiger partial charge is 0.377 e. The number of nitrogens with one attached hydrogen (secondary N) is 1. The number of fused-ring (bicyclic) bond motifs is 1. The van der Waals surface area contributed by atoms with Gasteiger partial charge in [-0.3, -0.25) is 4.79 Å². The van der Waals surface area contributed by atoms with Crippen molar-refractivity contribution in [2.75, 3.05) is 49.9 Å². The molecule has 166 valence electrons. The second-order valence-electron chi connectivity index (χ2n) is 8.34. The number of likely N-dealkylation sites (tertiary alicyclic amines) is 1. The first-order valence-corrected chi connectivity index (χ1v) is 10.7. The molecule has 1 atom stereocenters. The highest BCUT2D eigenvalue weighted by Crippen LogP contribution is 2.39. The van der Waals surface area contributed by atoms with Crippen LogP contribution in [0, 0.1) is 0 Å². The lowest BCUT2D eigenvalue weighted by Gasteiger charge is -2.26. The number of carbonyl (C=O) groups excluding carboxylic acids is 1. The third kappa shape index (κ3) is 4.08. The van der Waals surface area contributed by atoms with E-state index >= 15 is 0 Å². The van der Waals surface area contributed by atoms with Gasteiger partial charge in [-0.2, -0.15) is 4.98 Å². The third-order valence-corrected chi connectivity index (χ3v) is 5.76. The van der Waals surface area contributed by atoms with E-state index in [-0.39, 0.29) is 11.9 Å². The molecule has 1 fully saturated rings. The van der Waals surface area contributed by atoms with Crippen LogP contribution >= 0.6 is 0 Å². The Kier molecular flexibility index (Phi) is 5.94. The highest BCUT2D eigenvalue weighted by Gasteiger charge is 2.30. The molecule has 8 heteroatoms. The lowest BCUT2D eigenvalue weighted by atomic mass is 9.96. The molecule has 2 aromatic heterocycles. The van der Waals surface area contributed by atoms with Crippen LogP contribution in [0.5, 0.6) is 0 Å². The van der Waals surface area contributed by atoms with Crippen molar-refractivity contribution in [3.8, 4) is 0 Å². The summed E-state index contributed by atoms with van der Waals surface area (Å²) in [5, 5.41) is 5.43. The van der Waals surface area contributed by atoms with Gasteiger partial charge >= 0.3 is 0 Å². The van der Waals surface area contributed by atoms with Crippen LogP contribution in [-0.2, 0) is 4.79 Å². The Hall–Kier alpha value is -3.68. The molecule has 1 aliphatic rings. The molecule has 0 saturated carbocycles. The molecule has 1 aromatic carbocycles. The predicted molar refractivity (Wildman–Crippen MR) is 130 cm³/mol. The van der Waals surface area contributed by atoms with Gasteiger partial charge in [0.05, 0.1) is 6.04 Å². The van der Waals surface area contributed by atoms with Gasteiger partial charge in [0.25, 0.3) is 0 Å². The topological polar surface area (TPSA) is 77.5 Å². The van der Waals surface area contributed by atoms with Gasteiger partial charge in [0.1, 0.15) is 11.6 Å². The minimum Gasteiger partial charge on any atom is -0.377 e. The number of rotatable bonds is 6. The van der Waals surface area contributed by atoms with Gasteiger partial charge in [-0.1, -0.05) is 12.6 Å². The maximum atomic E-state index is 12.5. The SMILES string of the molecule is C=CC(=O)N1CCCC1c1ccc(N(C)C)c2cnc(Nc3ccnc(N(C)C)n3)cc12. The molecule has 4 rings (SSSR count). The number of pyridine rings is 1. The molecule has 0 spiro atoms. The van der Waals surface area contributed by atoms with E-state index in [9.17, 15) is 4.79 Å². The summed E-state index contributed by atoms with van der Waals surface area (Å²) in [5.41, 5.74) is 2.21. The van der Waals surface area contributed by atoms with Crippen LogP contribution in [0.25, 0.3) is 10.8 Å². The van der Waals surface area contributed by atoms with Crippen LogP contribution in [-0.4, -0.2) is 60.5 Å². The zero-order chi connectivity index (χ0) is 22.8. The van der Waals surface area contributed by atoms with E-state index in [1.807, 2.05) is 56.3 Å². The third-order valence-electron chi connectivity index (χ3n) is 5.76. The summed E-state index contributed by atoms with van der Waals surface area (Å²) in [6, 6.07) is 8.13. The van der Waals surface area contributed by atoms with Crippen LogP contribution < -0.4 is 15.1 Å². The lowest BCUT2D eigenvalue weighted by Crippen LogP contribution is -2.29. The molecular weight excluding hydrogens is 402 g/mol. The predicted octanol–water partition coefficient (Wildman–Crippen LogP) is 3.75. The van der Waals surface area contributed by atoms with Crippen molar-refractivity contribution in [1.82, 2.24) is 19.9 Å². The molecular formula is C24H29N7O. The molecule has 0 radical (unpaired) electrons. The van der Waals surface area contributed by atoms with Crippen molar-refractivity contribution in [3.63, 3.8) is 0 Å². The lowest BCUT2D eigenvalue weighted by molar-refractivity contribution is -0.126. The van der Waals surface area contributed by atoms with Crippen LogP contribution in [0.4, 0.5) is 23.3 Å². The maximum Gasteiger partial charge on any atom is 0.246 e. The Morgan fingerprint density at radius 2 is 1.94 bits per heavy atom. The fraction of sp³-hybridized carbons (Fsp3) is 0.333. The smallest absolute Gasteiger partial charge is 0.246 e. The highest BCUT2D eigenvalue weighted by atomic mass is 16.2. The first-order chi connectivity index (χ1) is 15.4. The van der Waals surface area contributed by atoms with Gasteiger partial charge in [0, 0.05) is 58.2 Å². The molecule has 1 unspecified atom stereocenters. The van der Waals surface area contributed by atoms with Crippen molar-refractivity contribution >= 4 is 40.0 Å². The first-order valence-electron chi connectivity index (χ1n) is 10.7. The normalized spacial score (nSPS) is 15.6. The van der Waals surface area contributed by atoms with E-state index in [0.29, 0.717) is 17.6 Å². The fourth-order valence-corrected chi connectivity index (χ4v) is 4.23. The van der Waals surface area contributed by atoms with Gasteiger partial charge in [0.2, 0.25) is 11.9 Å². The number of benzene rings is 1. The van der Waals surface area contributed by atoms with Crippen LogP contribution in [0.15, 0.2) is 49.3 Å². The second-order valence-corrected chi connectivity index (χ2v) is 8.34. The first kappa shape index (κ1) is 21.5. The Labute approximate surface area is 188 Å². The highest BCUT2D eigenvalue weighted by molar-refractivity contribution is 5.98. The maximum absolute atomic E-state index is 12.5. The fourth-order valence-electron chi connectivity index (χ4n) is 4.23. The number of nitrogens with zero attached hydrogens (tertiary/aromatic N) is 6. The minimum absolute atomic E-state index is 0.0221. The molecule has 1 aliphatic heterocycles. The van der Waals surface area contributed by atoms with Gasteiger partial charge < -0.3 is 20.0 Å². The van der Waals surface area contributed by atoms with Gasteiger partial charge in [-0.15, -0.1) is 0 Å². The van der Waals surface area contributed by atoms with Crippen LogP contribution in [0.2, 0.25) is 0 Å². The van der Waals surface area contributed by atoms with Crippen LogP contribution in [0.1, 0.15) is 24.4 Å². The summed E-state index contributed by atoms with van der Waals surface area (Å²) < 4.78 is 0. The van der Waals surface area contributed by atoms with Gasteiger partial charge in [0.15, 0.2) is 0 Å². The van der Waals surface area contributed by atoms with E-state index in [4.69, 9.17) is 0 Å². The molecule has 8 nitrogen and oxygen atoms in total. The van der Waals surface area contributed by atoms with Crippen molar-refractivity contribution < 1.29 is 4.79 Å². The zero-order valence-corrected chi connectivity index (χ0v) is 19.0. The van der Waals surface area contributed by atoms with Gasteiger partial charge in [-0.05, 0) is 48.1 Å². The quantitative estimate of drug-likeness (QED) is 0.596. The molecule has 0 bridgehead atoms. The number of anilines is 4. The summed E-state index contributed by atoms with van der Waals surface area (Å²) >= 11 is 0. The average Bonchev–Trinajstić information content (AvgIpc) is 3.27. The monoisotopic (exact) mass is 431 g/mol. The Morgan fingerprint density at radius 3 is 2.66 bits per heavy atom. The van der Waals surface area contributed by atoms with Gasteiger partial charge in [-0.25, -0.2) is 9.97 Å². The summed E-state index contributed by atoms with van der Waals surface area (Å²) in [6.07, 6.45) is 6.92. The summed E-state index contributed by atoms with van der Waals surface area (Å²) in [6.45, 7) is 4.43. The minimum atomic E-state index is -0.0260. The molecule has 0 aliphatic carbocycles. The zero-order valence-electron chi connectivity index (χ0n) is 19.0. The van der Waals surface area contributed by atoms with E-state index in [0.717, 1.165) is 41.4 Å². The Morgan fingerprint density at radius 1 is 1.12 bits per heavy atom. The summed E-state index contributed by atoms with van der Waals surface area (Å²) in [4.78, 5) is 31.8. The summed E-state index contributed by atoms with van der Waals surface area (Å²) in [5.74, 6) is 1.96. The van der Waals surface area contributed by atoms with E-state index in [1.165, 1.54) is 6.08 Å². The number of carbonyl (C=O) groups is 1. The molecule has 32 heavy (non-hydrogen) atoms. The van der Waals surface area contributed by atoms with Crippen molar-refractivity contribution in [2.45, 2.75) is 18.9 Å². The molecule has 3 aromatic rings. The number of aromatic nitrogens is 3. The Balaban J connectivity index is 1.79. The molecule has 1 amide bonds. The average molecular weight is 432 g/mol.